The summed E-state index contributed by atoms with van der Waals surface area (Å²) in [6, 6.07) is 1.90. The number of rotatable bonds is 4. The number of nitrogens with one attached hydrogen (secondary N) is 1. The molecule has 3 rings (SSSR count). The molecule has 0 bridgehead atoms. The fourth-order valence-corrected chi connectivity index (χ4v) is 2.77. The van der Waals surface area contributed by atoms with Crippen molar-refractivity contribution in [1.82, 2.24) is 25.2 Å². The van der Waals surface area contributed by atoms with Crippen molar-refractivity contribution in [2.24, 2.45) is 0 Å². The number of fused-ring (bicyclic) bond motifs is 1. The molecule has 0 saturated carbocycles. The zero-order chi connectivity index (χ0) is 16.6. The molecule has 0 atom stereocenters. The molecule has 0 radical (unpaired) electrons. The predicted octanol–water partition coefficient (Wildman–Crippen LogP) is 1.78. The summed E-state index contributed by atoms with van der Waals surface area (Å²) < 4.78 is 5.31. The highest BCUT2D eigenvalue weighted by atomic mass is 16.5. The number of aromatic nitrogens is 3. The molecule has 0 aromatic carbocycles. The van der Waals surface area contributed by atoms with E-state index >= 15 is 0 Å². The van der Waals surface area contributed by atoms with Gasteiger partial charge in [-0.15, -0.1) is 0 Å². The minimum absolute atomic E-state index is 0.0969. The third-order valence-corrected chi connectivity index (χ3v) is 4.24. The minimum atomic E-state index is -0.0969. The SMILES string of the molecule is CC(C)c1cc(CN(C)C(=O)c2n[nH]c3c2CN(C)CC3)on1. The number of amides is 1. The van der Waals surface area contributed by atoms with Crippen molar-refractivity contribution in [3.05, 3.63) is 34.5 Å². The Labute approximate surface area is 135 Å². The van der Waals surface area contributed by atoms with Crippen molar-refractivity contribution in [3.8, 4) is 0 Å². The van der Waals surface area contributed by atoms with Gasteiger partial charge in [-0.3, -0.25) is 9.89 Å². The zero-order valence-corrected chi connectivity index (χ0v) is 14.1. The summed E-state index contributed by atoms with van der Waals surface area (Å²) in [7, 11) is 3.81. The molecule has 3 heterocycles. The van der Waals surface area contributed by atoms with Crippen LogP contribution in [0.2, 0.25) is 0 Å². The predicted molar refractivity (Wildman–Crippen MR) is 85.0 cm³/mol. The van der Waals surface area contributed by atoms with Crippen LogP contribution < -0.4 is 0 Å². The molecule has 0 saturated heterocycles. The standard InChI is InChI=1S/C16H23N5O2/c1-10(2)14-7-11(23-19-14)8-21(4)16(22)15-12-9-20(3)6-5-13(12)17-18-15/h7,10H,5-6,8-9H2,1-4H3,(H,17,18). The Morgan fingerprint density at radius 3 is 3.00 bits per heavy atom. The minimum Gasteiger partial charge on any atom is -0.359 e. The number of H-pyrrole nitrogens is 1. The van der Waals surface area contributed by atoms with Crippen LogP contribution in [-0.2, 0) is 19.5 Å². The second-order valence-corrected chi connectivity index (χ2v) is 6.55. The summed E-state index contributed by atoms with van der Waals surface area (Å²) in [5.74, 6) is 0.897. The first-order valence-corrected chi connectivity index (χ1v) is 7.91. The maximum atomic E-state index is 12.7. The van der Waals surface area contributed by atoms with Crippen molar-refractivity contribution in [2.75, 3.05) is 20.6 Å². The molecule has 1 amide bonds. The summed E-state index contributed by atoms with van der Waals surface area (Å²) in [5.41, 5.74) is 3.50. The molecule has 0 aliphatic carbocycles. The molecule has 1 aliphatic heterocycles. The smallest absolute Gasteiger partial charge is 0.274 e. The first-order chi connectivity index (χ1) is 11.0. The number of hydrogen-bond acceptors (Lipinski definition) is 5. The average Bonchev–Trinajstić information content (AvgIpc) is 3.12. The van der Waals surface area contributed by atoms with Gasteiger partial charge in [0.25, 0.3) is 5.91 Å². The topological polar surface area (TPSA) is 78.3 Å². The van der Waals surface area contributed by atoms with E-state index in [0.29, 0.717) is 23.9 Å². The van der Waals surface area contributed by atoms with Crippen LogP contribution in [0.5, 0.6) is 0 Å². The Morgan fingerprint density at radius 2 is 2.30 bits per heavy atom. The van der Waals surface area contributed by atoms with Crippen molar-refractivity contribution in [3.63, 3.8) is 0 Å². The van der Waals surface area contributed by atoms with Crippen LogP contribution in [-0.4, -0.2) is 51.7 Å². The lowest BCUT2D eigenvalue weighted by Gasteiger charge is -2.23. The molecular formula is C16H23N5O2. The third kappa shape index (κ3) is 3.14. The lowest BCUT2D eigenvalue weighted by atomic mass is 10.1. The van der Waals surface area contributed by atoms with Gasteiger partial charge in [0.05, 0.1) is 12.2 Å². The van der Waals surface area contributed by atoms with E-state index in [9.17, 15) is 4.79 Å². The van der Waals surface area contributed by atoms with Crippen LogP contribution in [0.3, 0.4) is 0 Å². The zero-order valence-electron chi connectivity index (χ0n) is 14.1. The maximum Gasteiger partial charge on any atom is 0.274 e. The summed E-state index contributed by atoms with van der Waals surface area (Å²) in [4.78, 5) is 16.5. The second kappa shape index (κ2) is 6.16. The van der Waals surface area contributed by atoms with E-state index in [0.717, 1.165) is 36.5 Å². The van der Waals surface area contributed by atoms with Crippen molar-refractivity contribution < 1.29 is 9.32 Å². The molecule has 7 heteroatoms. The monoisotopic (exact) mass is 317 g/mol. The van der Waals surface area contributed by atoms with E-state index in [1.165, 1.54) is 0 Å². The van der Waals surface area contributed by atoms with Gasteiger partial charge in [-0.25, -0.2) is 0 Å². The highest BCUT2D eigenvalue weighted by Gasteiger charge is 2.26. The molecular weight excluding hydrogens is 294 g/mol. The molecule has 23 heavy (non-hydrogen) atoms. The molecule has 0 unspecified atom stereocenters. The van der Waals surface area contributed by atoms with Crippen LogP contribution in [0.1, 0.15) is 53.0 Å². The van der Waals surface area contributed by atoms with E-state index in [1.54, 1.807) is 11.9 Å². The van der Waals surface area contributed by atoms with E-state index in [4.69, 9.17) is 4.52 Å². The van der Waals surface area contributed by atoms with Crippen LogP contribution in [0.4, 0.5) is 0 Å². The first-order valence-electron chi connectivity index (χ1n) is 7.91. The number of aromatic amines is 1. The van der Waals surface area contributed by atoms with E-state index in [-0.39, 0.29) is 5.91 Å². The average molecular weight is 317 g/mol. The summed E-state index contributed by atoms with van der Waals surface area (Å²) >= 11 is 0. The summed E-state index contributed by atoms with van der Waals surface area (Å²) in [6.45, 7) is 6.23. The van der Waals surface area contributed by atoms with Crippen LogP contribution in [0.15, 0.2) is 10.6 Å². The quantitative estimate of drug-likeness (QED) is 0.930. The number of carbonyl (C=O) groups excluding carboxylic acids is 1. The highest BCUT2D eigenvalue weighted by molar-refractivity contribution is 5.93. The maximum absolute atomic E-state index is 12.7. The van der Waals surface area contributed by atoms with Crippen molar-refractivity contribution >= 4 is 5.91 Å². The molecule has 0 spiro atoms. The van der Waals surface area contributed by atoms with Crippen LogP contribution in [0, 0.1) is 0 Å². The van der Waals surface area contributed by atoms with Gasteiger partial charge in [0.1, 0.15) is 0 Å². The molecule has 1 N–H and O–H groups in total. The normalized spacial score (nSPS) is 15.0. The molecule has 1 aliphatic rings. The fourth-order valence-electron chi connectivity index (χ4n) is 2.77. The first kappa shape index (κ1) is 15.7. The van der Waals surface area contributed by atoms with E-state index < -0.39 is 0 Å². The van der Waals surface area contributed by atoms with Crippen molar-refractivity contribution in [1.29, 1.82) is 0 Å². The molecule has 2 aromatic heterocycles. The van der Waals surface area contributed by atoms with Gasteiger partial charge in [0.2, 0.25) is 0 Å². The molecule has 124 valence electrons. The molecule has 7 nitrogen and oxygen atoms in total. The Kier molecular flexibility index (Phi) is 4.21. The van der Waals surface area contributed by atoms with Gasteiger partial charge in [-0.05, 0) is 13.0 Å². The van der Waals surface area contributed by atoms with Crippen LogP contribution in [0.25, 0.3) is 0 Å². The largest absolute Gasteiger partial charge is 0.359 e. The van der Waals surface area contributed by atoms with Gasteiger partial charge in [-0.2, -0.15) is 5.10 Å². The summed E-state index contributed by atoms with van der Waals surface area (Å²) in [5, 5.41) is 11.3. The number of hydrogen-bond donors (Lipinski definition) is 1. The Morgan fingerprint density at radius 1 is 1.52 bits per heavy atom. The molecule has 0 fully saturated rings. The number of nitrogens with zero attached hydrogens (tertiary/aromatic N) is 4. The molecule has 2 aromatic rings. The van der Waals surface area contributed by atoms with Gasteiger partial charge in [-0.1, -0.05) is 19.0 Å². The van der Waals surface area contributed by atoms with Gasteiger partial charge in [0.15, 0.2) is 11.5 Å². The van der Waals surface area contributed by atoms with Gasteiger partial charge in [0, 0.05) is 43.9 Å². The number of carbonyl (C=O) groups is 1. The Bertz CT molecular complexity index is 703. The second-order valence-electron chi connectivity index (χ2n) is 6.55. The Balaban J connectivity index is 1.73. The third-order valence-electron chi connectivity index (χ3n) is 4.24. The fraction of sp³-hybridized carbons (Fsp3) is 0.562. The van der Waals surface area contributed by atoms with Crippen LogP contribution >= 0.6 is 0 Å². The van der Waals surface area contributed by atoms with Gasteiger partial charge < -0.3 is 14.3 Å². The number of likely N-dealkylation sites (N-methyl/N-ethyl adjacent to an activating group) is 1. The van der Waals surface area contributed by atoms with E-state index in [2.05, 4.69) is 41.1 Å². The lowest BCUT2D eigenvalue weighted by Crippen LogP contribution is -2.30. The van der Waals surface area contributed by atoms with Crippen molar-refractivity contribution in [2.45, 2.75) is 39.3 Å². The van der Waals surface area contributed by atoms with E-state index in [1.807, 2.05) is 6.07 Å². The lowest BCUT2D eigenvalue weighted by molar-refractivity contribution is 0.0764. The summed E-state index contributed by atoms with van der Waals surface area (Å²) in [6.07, 6.45) is 0.898. The highest BCUT2D eigenvalue weighted by Crippen LogP contribution is 2.21. The van der Waals surface area contributed by atoms with Gasteiger partial charge >= 0.3 is 0 Å². The Hall–Kier alpha value is -2.15.